The van der Waals surface area contributed by atoms with Crippen LogP contribution in [0.15, 0.2) is 36.7 Å². The molecule has 0 radical (unpaired) electrons. The molecule has 124 valence electrons. The number of carbonyl (C=O) groups excluding carboxylic acids is 1. The molecule has 0 bridgehead atoms. The van der Waals surface area contributed by atoms with E-state index in [-0.39, 0.29) is 23.1 Å². The first-order valence-electron chi connectivity index (χ1n) is 7.42. The van der Waals surface area contributed by atoms with Crippen molar-refractivity contribution in [1.29, 1.82) is 0 Å². The van der Waals surface area contributed by atoms with Crippen molar-refractivity contribution < 1.29 is 9.72 Å². The van der Waals surface area contributed by atoms with Crippen LogP contribution in [0.3, 0.4) is 0 Å². The van der Waals surface area contributed by atoms with E-state index >= 15 is 0 Å². The maximum absolute atomic E-state index is 12.5. The molecule has 0 saturated carbocycles. The summed E-state index contributed by atoms with van der Waals surface area (Å²) in [6, 6.07) is 6.60. The molecular formula is C15H16N6O3. The molecule has 2 aromatic rings. The van der Waals surface area contributed by atoms with Crippen LogP contribution in [0.4, 0.5) is 17.2 Å². The van der Waals surface area contributed by atoms with Gasteiger partial charge in [0.25, 0.3) is 11.6 Å². The zero-order valence-electron chi connectivity index (χ0n) is 12.8. The fourth-order valence-corrected chi connectivity index (χ4v) is 2.70. The van der Waals surface area contributed by atoms with Gasteiger partial charge in [-0.25, -0.2) is 9.97 Å². The number of benzene rings is 1. The molecule has 9 heteroatoms. The number of nitro groups is 1. The van der Waals surface area contributed by atoms with Crippen molar-refractivity contribution in [2.75, 3.05) is 36.8 Å². The molecule has 0 unspecified atom stereocenters. The van der Waals surface area contributed by atoms with Gasteiger partial charge >= 0.3 is 0 Å². The third-order valence-electron chi connectivity index (χ3n) is 3.92. The molecule has 0 spiro atoms. The van der Waals surface area contributed by atoms with Gasteiger partial charge in [-0.3, -0.25) is 14.9 Å². The lowest BCUT2D eigenvalue weighted by Crippen LogP contribution is -2.49. The van der Waals surface area contributed by atoms with Gasteiger partial charge in [-0.2, -0.15) is 0 Å². The summed E-state index contributed by atoms with van der Waals surface area (Å²) >= 11 is 0. The van der Waals surface area contributed by atoms with E-state index < -0.39 is 4.92 Å². The molecule has 0 aliphatic carbocycles. The van der Waals surface area contributed by atoms with Gasteiger partial charge < -0.3 is 15.5 Å². The van der Waals surface area contributed by atoms with Gasteiger partial charge in [0.1, 0.15) is 5.69 Å². The molecule has 9 nitrogen and oxygen atoms in total. The first kappa shape index (κ1) is 15.7. The van der Waals surface area contributed by atoms with Gasteiger partial charge in [0.2, 0.25) is 0 Å². The van der Waals surface area contributed by atoms with Crippen LogP contribution in [0.2, 0.25) is 0 Å². The first-order valence-corrected chi connectivity index (χ1v) is 7.42. The Kier molecular flexibility index (Phi) is 4.23. The van der Waals surface area contributed by atoms with Crippen molar-refractivity contribution in [3.63, 3.8) is 0 Å². The Balaban J connectivity index is 1.72. The highest BCUT2D eigenvalue weighted by Gasteiger charge is 2.27. The minimum Gasteiger partial charge on any atom is -0.382 e. The number of piperazine rings is 1. The third kappa shape index (κ3) is 2.96. The molecule has 1 fully saturated rings. The van der Waals surface area contributed by atoms with Crippen LogP contribution in [0, 0.1) is 10.1 Å². The van der Waals surface area contributed by atoms with Gasteiger partial charge in [-0.1, -0.05) is 12.1 Å². The lowest BCUT2D eigenvalue weighted by atomic mass is 10.2. The number of nitrogens with zero attached hydrogens (tertiary/aromatic N) is 5. The summed E-state index contributed by atoms with van der Waals surface area (Å²) in [5.41, 5.74) is 6.46. The SMILES string of the molecule is Nc1nccnc1C(=O)N1CCN(c2ccccc2[N+](=O)[O-])CC1. The second kappa shape index (κ2) is 6.49. The second-order valence-electron chi connectivity index (χ2n) is 5.32. The van der Waals surface area contributed by atoms with Crippen molar-refractivity contribution >= 4 is 23.1 Å². The minimum atomic E-state index is -0.396. The van der Waals surface area contributed by atoms with Crippen molar-refractivity contribution in [2.24, 2.45) is 0 Å². The van der Waals surface area contributed by atoms with E-state index in [2.05, 4.69) is 9.97 Å². The number of carbonyl (C=O) groups is 1. The number of nitrogens with two attached hydrogens (primary N) is 1. The summed E-state index contributed by atoms with van der Waals surface area (Å²) in [4.78, 5) is 34.6. The summed E-state index contributed by atoms with van der Waals surface area (Å²) < 4.78 is 0. The Labute approximate surface area is 137 Å². The van der Waals surface area contributed by atoms with Crippen LogP contribution in [-0.2, 0) is 0 Å². The number of amides is 1. The van der Waals surface area contributed by atoms with E-state index in [0.29, 0.717) is 31.9 Å². The second-order valence-corrected chi connectivity index (χ2v) is 5.32. The van der Waals surface area contributed by atoms with E-state index in [4.69, 9.17) is 5.73 Å². The molecule has 1 aliphatic rings. The van der Waals surface area contributed by atoms with Gasteiger partial charge in [0.05, 0.1) is 4.92 Å². The fourth-order valence-electron chi connectivity index (χ4n) is 2.70. The molecule has 2 N–H and O–H groups in total. The van der Waals surface area contributed by atoms with Crippen LogP contribution in [0.1, 0.15) is 10.5 Å². The highest BCUT2D eigenvalue weighted by atomic mass is 16.6. The van der Waals surface area contributed by atoms with Gasteiger partial charge in [0.15, 0.2) is 11.5 Å². The molecule has 1 aromatic heterocycles. The zero-order chi connectivity index (χ0) is 17.1. The Hall–Kier alpha value is -3.23. The van der Waals surface area contributed by atoms with Crippen molar-refractivity contribution in [3.05, 3.63) is 52.5 Å². The molecular weight excluding hydrogens is 312 g/mol. The van der Waals surface area contributed by atoms with Crippen LogP contribution in [0.5, 0.6) is 0 Å². The lowest BCUT2D eigenvalue weighted by molar-refractivity contribution is -0.384. The highest BCUT2D eigenvalue weighted by molar-refractivity contribution is 5.96. The Morgan fingerprint density at radius 1 is 1.12 bits per heavy atom. The van der Waals surface area contributed by atoms with E-state index in [1.807, 2.05) is 4.90 Å². The topological polar surface area (TPSA) is 118 Å². The molecule has 1 aromatic carbocycles. The number of nitro benzene ring substituents is 1. The maximum Gasteiger partial charge on any atom is 0.292 e. The van der Waals surface area contributed by atoms with Crippen LogP contribution < -0.4 is 10.6 Å². The van der Waals surface area contributed by atoms with E-state index in [1.54, 1.807) is 23.1 Å². The standard InChI is InChI=1S/C15H16N6O3/c16-14-13(17-5-6-18-14)15(22)20-9-7-19(8-10-20)11-3-1-2-4-12(11)21(23)24/h1-6H,7-10H2,(H2,16,18). The summed E-state index contributed by atoms with van der Waals surface area (Å²) in [6.07, 6.45) is 2.85. The predicted octanol–water partition coefficient (Wildman–Crippen LogP) is 0.929. The van der Waals surface area contributed by atoms with Gasteiger partial charge in [0, 0.05) is 44.6 Å². The minimum absolute atomic E-state index is 0.0652. The maximum atomic E-state index is 12.5. The number of hydrogen-bond acceptors (Lipinski definition) is 7. The number of nitrogen functional groups attached to an aromatic ring is 1. The van der Waals surface area contributed by atoms with Crippen molar-refractivity contribution in [2.45, 2.75) is 0 Å². The molecule has 3 rings (SSSR count). The molecule has 2 heterocycles. The predicted molar refractivity (Wildman–Crippen MR) is 87.7 cm³/mol. The van der Waals surface area contributed by atoms with E-state index in [1.165, 1.54) is 18.5 Å². The average molecular weight is 328 g/mol. The van der Waals surface area contributed by atoms with Gasteiger partial charge in [-0.05, 0) is 6.07 Å². The zero-order valence-corrected chi connectivity index (χ0v) is 12.8. The monoisotopic (exact) mass is 328 g/mol. The average Bonchev–Trinajstić information content (AvgIpc) is 2.62. The summed E-state index contributed by atoms with van der Waals surface area (Å²) in [6.45, 7) is 1.86. The van der Waals surface area contributed by atoms with Crippen LogP contribution in [-0.4, -0.2) is 51.9 Å². The Morgan fingerprint density at radius 2 is 1.79 bits per heavy atom. The van der Waals surface area contributed by atoms with Crippen molar-refractivity contribution in [1.82, 2.24) is 14.9 Å². The summed E-state index contributed by atoms with van der Waals surface area (Å²) in [5, 5.41) is 11.1. The first-order chi connectivity index (χ1) is 11.6. The van der Waals surface area contributed by atoms with Crippen molar-refractivity contribution in [3.8, 4) is 0 Å². The summed E-state index contributed by atoms with van der Waals surface area (Å²) in [5.74, 6) is -0.175. The van der Waals surface area contributed by atoms with Crippen LogP contribution >= 0.6 is 0 Å². The fraction of sp³-hybridized carbons (Fsp3) is 0.267. The normalized spacial score (nSPS) is 14.5. The number of anilines is 2. The van der Waals surface area contributed by atoms with E-state index in [0.717, 1.165) is 0 Å². The smallest absolute Gasteiger partial charge is 0.292 e. The molecule has 24 heavy (non-hydrogen) atoms. The van der Waals surface area contributed by atoms with E-state index in [9.17, 15) is 14.9 Å². The molecule has 1 saturated heterocycles. The number of para-hydroxylation sites is 2. The number of aromatic nitrogens is 2. The third-order valence-corrected chi connectivity index (χ3v) is 3.92. The Morgan fingerprint density at radius 3 is 2.46 bits per heavy atom. The number of hydrogen-bond donors (Lipinski definition) is 1. The largest absolute Gasteiger partial charge is 0.382 e. The van der Waals surface area contributed by atoms with Crippen LogP contribution in [0.25, 0.3) is 0 Å². The van der Waals surface area contributed by atoms with Gasteiger partial charge in [-0.15, -0.1) is 0 Å². The summed E-state index contributed by atoms with van der Waals surface area (Å²) in [7, 11) is 0. The quantitative estimate of drug-likeness (QED) is 0.657. The Bertz CT molecular complexity index is 773. The highest BCUT2D eigenvalue weighted by Crippen LogP contribution is 2.28. The molecule has 1 aliphatic heterocycles. The lowest BCUT2D eigenvalue weighted by Gasteiger charge is -2.35. The number of rotatable bonds is 3. The molecule has 1 amide bonds. The molecule has 0 atom stereocenters.